The number of amides is 1. The minimum Gasteiger partial charge on any atom is -0.496 e. The number of carboxylic acid groups (broad SMARTS) is 1. The van der Waals surface area contributed by atoms with Crippen LogP contribution in [0.1, 0.15) is 30.6 Å². The lowest BCUT2D eigenvalue weighted by Gasteiger charge is -2.20. The molecule has 0 aliphatic rings. The number of hydrogen-bond donors (Lipinski definition) is 2. The number of nitrogens with one attached hydrogen (secondary N) is 1. The molecule has 1 rings (SSSR count). The molecule has 20 heavy (non-hydrogen) atoms. The van der Waals surface area contributed by atoms with Crippen molar-refractivity contribution < 1.29 is 23.8 Å². The molecule has 0 aliphatic carbocycles. The third-order valence-corrected chi connectivity index (χ3v) is 3.17. The van der Waals surface area contributed by atoms with E-state index in [1.165, 1.54) is 19.2 Å². The Hall–Kier alpha value is -2.11. The molecule has 5 nitrogen and oxygen atoms in total. The maximum atomic E-state index is 13.2. The molecule has 1 amide bonds. The molecule has 0 spiro atoms. The topological polar surface area (TPSA) is 75.6 Å². The Morgan fingerprint density at radius 1 is 1.45 bits per heavy atom. The SMILES string of the molecule is CC[C@H](C)[C@H](NC(=O)c1cc(F)ccc1OC)C(=O)O. The summed E-state index contributed by atoms with van der Waals surface area (Å²) in [6, 6.07) is 2.48. The lowest BCUT2D eigenvalue weighted by molar-refractivity contribution is -0.140. The van der Waals surface area contributed by atoms with Crippen LogP contribution in [0.15, 0.2) is 18.2 Å². The van der Waals surface area contributed by atoms with E-state index < -0.39 is 23.7 Å². The number of ether oxygens (including phenoxy) is 1. The second-order valence-corrected chi connectivity index (χ2v) is 4.52. The molecule has 0 aromatic heterocycles. The summed E-state index contributed by atoms with van der Waals surface area (Å²) in [6.45, 7) is 3.55. The predicted octanol–water partition coefficient (Wildman–Crippen LogP) is 2.06. The number of carbonyl (C=O) groups is 2. The van der Waals surface area contributed by atoms with Crippen molar-refractivity contribution in [2.75, 3.05) is 7.11 Å². The van der Waals surface area contributed by atoms with Gasteiger partial charge in [-0.05, 0) is 24.1 Å². The predicted molar refractivity (Wildman–Crippen MR) is 71.3 cm³/mol. The van der Waals surface area contributed by atoms with Gasteiger partial charge in [-0.25, -0.2) is 9.18 Å². The highest BCUT2D eigenvalue weighted by molar-refractivity contribution is 5.99. The second-order valence-electron chi connectivity index (χ2n) is 4.52. The molecule has 0 saturated carbocycles. The van der Waals surface area contributed by atoms with Gasteiger partial charge in [-0.3, -0.25) is 4.79 Å². The maximum absolute atomic E-state index is 13.2. The maximum Gasteiger partial charge on any atom is 0.326 e. The van der Waals surface area contributed by atoms with Crippen LogP contribution < -0.4 is 10.1 Å². The van der Waals surface area contributed by atoms with Gasteiger partial charge in [0.05, 0.1) is 12.7 Å². The minimum absolute atomic E-state index is 0.0259. The van der Waals surface area contributed by atoms with Gasteiger partial charge >= 0.3 is 5.97 Å². The zero-order valence-electron chi connectivity index (χ0n) is 11.6. The smallest absolute Gasteiger partial charge is 0.326 e. The van der Waals surface area contributed by atoms with E-state index in [0.717, 1.165) is 6.07 Å². The summed E-state index contributed by atoms with van der Waals surface area (Å²) in [6.07, 6.45) is 0.595. The Morgan fingerprint density at radius 3 is 2.60 bits per heavy atom. The van der Waals surface area contributed by atoms with E-state index >= 15 is 0 Å². The zero-order chi connectivity index (χ0) is 15.3. The first-order valence-corrected chi connectivity index (χ1v) is 6.27. The Balaban J connectivity index is 3.00. The summed E-state index contributed by atoms with van der Waals surface area (Å²) >= 11 is 0. The number of halogens is 1. The molecule has 110 valence electrons. The first-order valence-electron chi connectivity index (χ1n) is 6.27. The molecule has 0 heterocycles. The summed E-state index contributed by atoms with van der Waals surface area (Å²) in [5.74, 6) is -2.43. The van der Waals surface area contributed by atoms with E-state index in [-0.39, 0.29) is 17.2 Å². The van der Waals surface area contributed by atoms with E-state index in [2.05, 4.69) is 5.32 Å². The van der Waals surface area contributed by atoms with E-state index in [9.17, 15) is 14.0 Å². The number of methoxy groups -OCH3 is 1. The van der Waals surface area contributed by atoms with Crippen LogP contribution in [-0.2, 0) is 4.79 Å². The lowest BCUT2D eigenvalue weighted by atomic mass is 9.99. The van der Waals surface area contributed by atoms with Gasteiger partial charge in [-0.2, -0.15) is 0 Å². The molecule has 1 aromatic rings. The number of benzene rings is 1. The van der Waals surface area contributed by atoms with Crippen LogP contribution in [0.3, 0.4) is 0 Å². The van der Waals surface area contributed by atoms with Crippen molar-refractivity contribution in [3.63, 3.8) is 0 Å². The molecular weight excluding hydrogens is 265 g/mol. The monoisotopic (exact) mass is 283 g/mol. The molecular formula is C14H18FNO4. The molecule has 0 aliphatic heterocycles. The summed E-state index contributed by atoms with van der Waals surface area (Å²) in [7, 11) is 1.35. The average Bonchev–Trinajstić information content (AvgIpc) is 2.43. The zero-order valence-corrected chi connectivity index (χ0v) is 11.6. The van der Waals surface area contributed by atoms with Crippen LogP contribution in [0.2, 0.25) is 0 Å². The van der Waals surface area contributed by atoms with Crippen molar-refractivity contribution in [2.24, 2.45) is 5.92 Å². The Morgan fingerprint density at radius 2 is 2.10 bits per heavy atom. The lowest BCUT2D eigenvalue weighted by Crippen LogP contribution is -2.45. The first-order chi connectivity index (χ1) is 9.40. The van der Waals surface area contributed by atoms with Gasteiger partial charge in [-0.1, -0.05) is 20.3 Å². The second kappa shape index (κ2) is 6.88. The van der Waals surface area contributed by atoms with Crippen molar-refractivity contribution in [3.05, 3.63) is 29.6 Å². The molecule has 2 atom stereocenters. The normalized spacial score (nSPS) is 13.4. The average molecular weight is 283 g/mol. The van der Waals surface area contributed by atoms with Crippen LogP contribution >= 0.6 is 0 Å². The molecule has 0 fully saturated rings. The number of rotatable bonds is 6. The van der Waals surface area contributed by atoms with Crippen LogP contribution in [0.25, 0.3) is 0 Å². The number of aliphatic carboxylic acids is 1. The standard InChI is InChI=1S/C14H18FNO4/c1-4-8(2)12(14(18)19)16-13(17)10-7-9(15)5-6-11(10)20-3/h5-8,12H,4H2,1-3H3,(H,16,17)(H,18,19)/t8-,12-/m0/s1. The highest BCUT2D eigenvalue weighted by atomic mass is 19.1. The van der Waals surface area contributed by atoms with Gasteiger partial charge in [0.25, 0.3) is 5.91 Å². The largest absolute Gasteiger partial charge is 0.496 e. The number of hydrogen-bond acceptors (Lipinski definition) is 3. The van der Waals surface area contributed by atoms with Gasteiger partial charge < -0.3 is 15.2 Å². The summed E-state index contributed by atoms with van der Waals surface area (Å²) < 4.78 is 18.2. The third-order valence-electron chi connectivity index (χ3n) is 3.17. The van der Waals surface area contributed by atoms with Crippen LogP contribution in [0.5, 0.6) is 5.75 Å². The molecule has 1 aromatic carbocycles. The van der Waals surface area contributed by atoms with Gasteiger partial charge in [-0.15, -0.1) is 0 Å². The van der Waals surface area contributed by atoms with Crippen molar-refractivity contribution in [1.82, 2.24) is 5.32 Å². The molecule has 0 unspecified atom stereocenters. The van der Waals surface area contributed by atoms with E-state index in [1.54, 1.807) is 6.92 Å². The Kier molecular flexibility index (Phi) is 5.49. The number of carboxylic acids is 1. The fraction of sp³-hybridized carbons (Fsp3) is 0.429. The summed E-state index contributed by atoms with van der Waals surface area (Å²) in [5.41, 5.74) is -0.0259. The minimum atomic E-state index is -1.12. The van der Waals surface area contributed by atoms with Crippen molar-refractivity contribution in [3.8, 4) is 5.75 Å². The van der Waals surface area contributed by atoms with Crippen molar-refractivity contribution in [2.45, 2.75) is 26.3 Å². The van der Waals surface area contributed by atoms with Crippen LogP contribution in [-0.4, -0.2) is 30.1 Å². The van der Waals surface area contributed by atoms with Crippen LogP contribution in [0.4, 0.5) is 4.39 Å². The van der Waals surface area contributed by atoms with Gasteiger partial charge in [0.2, 0.25) is 0 Å². The molecule has 6 heteroatoms. The summed E-state index contributed by atoms with van der Waals surface area (Å²) in [4.78, 5) is 23.3. The molecule has 0 saturated heterocycles. The third kappa shape index (κ3) is 3.69. The summed E-state index contributed by atoms with van der Waals surface area (Å²) in [5, 5.41) is 11.5. The molecule has 2 N–H and O–H groups in total. The van der Waals surface area contributed by atoms with Crippen molar-refractivity contribution in [1.29, 1.82) is 0 Å². The van der Waals surface area contributed by atoms with E-state index in [1.807, 2.05) is 6.92 Å². The van der Waals surface area contributed by atoms with Crippen molar-refractivity contribution >= 4 is 11.9 Å². The van der Waals surface area contributed by atoms with Gasteiger partial charge in [0.15, 0.2) is 0 Å². The Bertz CT molecular complexity index is 504. The molecule has 0 radical (unpaired) electrons. The van der Waals surface area contributed by atoms with E-state index in [4.69, 9.17) is 9.84 Å². The quantitative estimate of drug-likeness (QED) is 0.838. The van der Waals surface area contributed by atoms with E-state index in [0.29, 0.717) is 6.42 Å². The Labute approximate surface area is 116 Å². The highest BCUT2D eigenvalue weighted by Crippen LogP contribution is 2.20. The van der Waals surface area contributed by atoms with Gasteiger partial charge in [0.1, 0.15) is 17.6 Å². The van der Waals surface area contributed by atoms with Gasteiger partial charge in [0, 0.05) is 0 Å². The highest BCUT2D eigenvalue weighted by Gasteiger charge is 2.26. The molecule has 0 bridgehead atoms. The first kappa shape index (κ1) is 15.9. The number of carbonyl (C=O) groups excluding carboxylic acids is 1. The fourth-order valence-electron chi connectivity index (χ4n) is 1.76. The fourth-order valence-corrected chi connectivity index (χ4v) is 1.76. The van der Waals surface area contributed by atoms with Crippen LogP contribution in [0, 0.1) is 11.7 Å².